The third-order valence-electron chi connectivity index (χ3n) is 8.41. The first kappa shape index (κ1) is 32.2. The number of likely N-dealkylation sites (tertiary alicyclic amines) is 1. The number of aliphatic hydroxyl groups is 4. The molecule has 2 heterocycles. The Bertz CT molecular complexity index is 769. The summed E-state index contributed by atoms with van der Waals surface area (Å²) in [6.07, 6.45) is 2.46. The molecule has 7 unspecified atom stereocenters. The number of hydrogen-bond acceptors (Lipinski definition) is 9. The average Bonchev–Trinajstić information content (AvgIpc) is 3.28. The minimum absolute atomic E-state index is 0.0222. The molecular weight excluding hydrogens is 508 g/mol. The number of amides is 2. The minimum Gasteiger partial charge on any atom is -0.394 e. The number of β-amino-alcohol motifs (C(OH)–C–C–N with tert-alkyl or cyclic N) is 1. The van der Waals surface area contributed by atoms with Crippen molar-refractivity contribution in [3.8, 4) is 0 Å². The summed E-state index contributed by atoms with van der Waals surface area (Å²) in [7, 11) is 0. The van der Waals surface area contributed by atoms with Gasteiger partial charge in [0.05, 0.1) is 31.5 Å². The van der Waals surface area contributed by atoms with Crippen LogP contribution in [0.4, 0.5) is 0 Å². The molecule has 226 valence electrons. The van der Waals surface area contributed by atoms with E-state index < -0.39 is 49.3 Å². The predicted octanol–water partition coefficient (Wildman–Crippen LogP) is 0.700. The molecule has 5 N–H and O–H groups in total. The third-order valence-corrected chi connectivity index (χ3v) is 8.41. The van der Waals surface area contributed by atoms with Crippen molar-refractivity contribution in [2.45, 2.75) is 127 Å². The Kier molecular flexibility index (Phi) is 12.9. The summed E-state index contributed by atoms with van der Waals surface area (Å²) in [6, 6.07) is -1.06. The number of nitrogens with zero attached hydrogens (tertiary/aromatic N) is 1. The normalized spacial score (nSPS) is 35.4. The van der Waals surface area contributed by atoms with Crippen LogP contribution in [0.3, 0.4) is 0 Å². The van der Waals surface area contributed by atoms with Crippen molar-refractivity contribution in [2.24, 2.45) is 11.8 Å². The number of aliphatic hydroxyl groups excluding tert-OH is 4. The lowest BCUT2D eigenvalue weighted by Crippen LogP contribution is -2.64. The van der Waals surface area contributed by atoms with E-state index in [1.807, 2.05) is 0 Å². The van der Waals surface area contributed by atoms with E-state index in [0.717, 1.165) is 12.8 Å². The first-order chi connectivity index (χ1) is 18.6. The van der Waals surface area contributed by atoms with Crippen LogP contribution in [0.5, 0.6) is 0 Å². The molecule has 3 rings (SSSR count). The summed E-state index contributed by atoms with van der Waals surface area (Å²) in [4.78, 5) is 26.3. The van der Waals surface area contributed by atoms with Crippen molar-refractivity contribution in [3.63, 3.8) is 0 Å². The van der Waals surface area contributed by atoms with Gasteiger partial charge in [-0.3, -0.25) is 9.59 Å². The molecule has 3 fully saturated rings. The maximum absolute atomic E-state index is 12.9. The summed E-state index contributed by atoms with van der Waals surface area (Å²) in [5.74, 6) is 0.958. The molecule has 39 heavy (non-hydrogen) atoms. The van der Waals surface area contributed by atoms with Crippen molar-refractivity contribution in [2.75, 3.05) is 26.4 Å². The number of nitrogens with one attached hydrogen (secondary N) is 1. The van der Waals surface area contributed by atoms with E-state index in [1.54, 1.807) is 4.90 Å². The highest BCUT2D eigenvalue weighted by atomic mass is 16.7. The van der Waals surface area contributed by atoms with E-state index in [1.165, 1.54) is 19.8 Å². The van der Waals surface area contributed by atoms with Gasteiger partial charge in [0.15, 0.2) is 6.29 Å². The van der Waals surface area contributed by atoms with Crippen LogP contribution in [0.25, 0.3) is 0 Å². The number of hydrogen-bond donors (Lipinski definition) is 5. The fourth-order valence-electron chi connectivity index (χ4n) is 6.05. The van der Waals surface area contributed by atoms with Crippen LogP contribution in [0.2, 0.25) is 0 Å². The van der Waals surface area contributed by atoms with E-state index in [4.69, 9.17) is 14.2 Å². The molecule has 0 aromatic heterocycles. The largest absolute Gasteiger partial charge is 0.394 e. The summed E-state index contributed by atoms with van der Waals surface area (Å²) >= 11 is 0. The summed E-state index contributed by atoms with van der Waals surface area (Å²) < 4.78 is 17.5. The lowest BCUT2D eigenvalue weighted by Gasteiger charge is -2.42. The van der Waals surface area contributed by atoms with Crippen LogP contribution in [0.1, 0.15) is 78.6 Å². The SMILES string of the molecule is CC(=O)NC1C(OCCCCCC(=O)N2C[C@H](O)C[C@H]2COC2CCCC(C(C)C)C2)OC(CO)C(O)C1O. The Balaban J connectivity index is 1.37. The highest BCUT2D eigenvalue weighted by molar-refractivity contribution is 5.77. The smallest absolute Gasteiger partial charge is 0.222 e. The van der Waals surface area contributed by atoms with Crippen molar-refractivity contribution >= 4 is 11.8 Å². The molecule has 3 aliphatic rings. The fraction of sp³-hybridized carbons (Fsp3) is 0.929. The van der Waals surface area contributed by atoms with Gasteiger partial charge in [-0.1, -0.05) is 33.1 Å². The van der Waals surface area contributed by atoms with Crippen LogP contribution in [0.15, 0.2) is 0 Å². The van der Waals surface area contributed by atoms with Crippen molar-refractivity contribution < 1.29 is 44.2 Å². The Morgan fingerprint density at radius 2 is 1.82 bits per heavy atom. The second-order valence-corrected chi connectivity index (χ2v) is 11.8. The number of ether oxygens (including phenoxy) is 3. The zero-order valence-corrected chi connectivity index (χ0v) is 23.7. The van der Waals surface area contributed by atoms with Crippen LogP contribution < -0.4 is 5.32 Å². The molecule has 2 saturated heterocycles. The molecule has 0 radical (unpaired) electrons. The number of rotatable bonds is 13. The molecule has 0 bridgehead atoms. The maximum atomic E-state index is 12.9. The van der Waals surface area contributed by atoms with Gasteiger partial charge in [0, 0.05) is 26.5 Å². The molecule has 11 heteroatoms. The Labute approximate surface area is 232 Å². The predicted molar refractivity (Wildman–Crippen MR) is 142 cm³/mol. The van der Waals surface area contributed by atoms with Crippen molar-refractivity contribution in [1.29, 1.82) is 0 Å². The molecular formula is C28H50N2O9. The van der Waals surface area contributed by atoms with Crippen LogP contribution in [-0.4, -0.2) is 112 Å². The van der Waals surface area contributed by atoms with Gasteiger partial charge in [-0.05, 0) is 43.9 Å². The van der Waals surface area contributed by atoms with Crippen LogP contribution >= 0.6 is 0 Å². The van der Waals surface area contributed by atoms with E-state index >= 15 is 0 Å². The van der Waals surface area contributed by atoms with Gasteiger partial charge < -0.3 is 44.9 Å². The Morgan fingerprint density at radius 1 is 1.05 bits per heavy atom. The maximum Gasteiger partial charge on any atom is 0.222 e. The van der Waals surface area contributed by atoms with E-state index in [2.05, 4.69) is 19.2 Å². The van der Waals surface area contributed by atoms with Crippen molar-refractivity contribution in [3.05, 3.63) is 0 Å². The summed E-state index contributed by atoms with van der Waals surface area (Å²) in [5.41, 5.74) is 0. The van der Waals surface area contributed by atoms with Gasteiger partial charge in [0.2, 0.25) is 11.8 Å². The molecule has 11 nitrogen and oxygen atoms in total. The third kappa shape index (κ3) is 9.34. The first-order valence-electron chi connectivity index (χ1n) is 14.7. The fourth-order valence-corrected chi connectivity index (χ4v) is 6.05. The Hall–Kier alpha value is -1.34. The van der Waals surface area contributed by atoms with E-state index in [0.29, 0.717) is 57.1 Å². The van der Waals surface area contributed by atoms with Crippen molar-refractivity contribution in [1.82, 2.24) is 10.2 Å². The zero-order chi connectivity index (χ0) is 28.5. The number of unbranched alkanes of at least 4 members (excludes halogenated alkanes) is 2. The number of carbonyl (C=O) groups excluding carboxylic acids is 2. The number of carbonyl (C=O) groups is 2. The first-order valence-corrected chi connectivity index (χ1v) is 14.7. The van der Waals surface area contributed by atoms with Gasteiger partial charge in [-0.2, -0.15) is 0 Å². The Morgan fingerprint density at radius 3 is 2.51 bits per heavy atom. The van der Waals surface area contributed by atoms with Gasteiger partial charge in [-0.15, -0.1) is 0 Å². The molecule has 0 aromatic carbocycles. The van der Waals surface area contributed by atoms with Crippen LogP contribution in [0, 0.1) is 11.8 Å². The molecule has 0 aromatic rings. The van der Waals surface area contributed by atoms with E-state index in [9.17, 15) is 30.0 Å². The monoisotopic (exact) mass is 558 g/mol. The lowest BCUT2D eigenvalue weighted by molar-refractivity contribution is -0.270. The standard InChI is InChI=1S/C28H50N2O9/c1-17(2)19-8-7-9-22(12-19)38-16-20-13-21(33)14-30(20)24(34)10-5-4-6-11-37-28-25(29-18(3)32)27(36)26(35)23(15-31)39-28/h17,19-23,25-28,31,33,35-36H,4-16H2,1-3H3,(H,29,32)/t19?,20-,21+,22?,23?,25?,26?,27?,28?/m0/s1. The van der Waals surface area contributed by atoms with Gasteiger partial charge in [0.25, 0.3) is 0 Å². The zero-order valence-electron chi connectivity index (χ0n) is 23.7. The van der Waals surface area contributed by atoms with E-state index in [-0.39, 0.29) is 24.7 Å². The molecule has 1 saturated carbocycles. The highest BCUT2D eigenvalue weighted by Gasteiger charge is 2.45. The van der Waals surface area contributed by atoms with Gasteiger partial charge >= 0.3 is 0 Å². The average molecular weight is 559 g/mol. The second kappa shape index (κ2) is 15.6. The second-order valence-electron chi connectivity index (χ2n) is 11.8. The molecule has 0 spiro atoms. The topological polar surface area (TPSA) is 158 Å². The lowest BCUT2D eigenvalue weighted by atomic mass is 9.80. The molecule has 2 aliphatic heterocycles. The van der Waals surface area contributed by atoms with Gasteiger partial charge in [-0.25, -0.2) is 0 Å². The van der Waals surface area contributed by atoms with Gasteiger partial charge in [0.1, 0.15) is 24.4 Å². The summed E-state index contributed by atoms with van der Waals surface area (Å²) in [6.45, 7) is 6.40. The highest BCUT2D eigenvalue weighted by Crippen LogP contribution is 2.32. The van der Waals surface area contributed by atoms with Crippen LogP contribution in [-0.2, 0) is 23.8 Å². The molecule has 9 atom stereocenters. The summed E-state index contributed by atoms with van der Waals surface area (Å²) in [5, 5.41) is 42.6. The molecule has 1 aliphatic carbocycles. The molecule has 2 amide bonds. The quantitative estimate of drug-likeness (QED) is 0.205. The minimum atomic E-state index is -1.35.